The molecule has 1 aliphatic rings. The molecule has 1 saturated heterocycles. The number of piperidine rings is 1. The monoisotopic (exact) mass is 389 g/mol. The van der Waals surface area contributed by atoms with Crippen molar-refractivity contribution in [2.75, 3.05) is 39.8 Å². The van der Waals surface area contributed by atoms with E-state index in [9.17, 15) is 9.59 Å². The van der Waals surface area contributed by atoms with Gasteiger partial charge in [0.2, 0.25) is 5.91 Å². The number of hydrogen-bond donors (Lipinski definition) is 1. The van der Waals surface area contributed by atoms with Gasteiger partial charge in [0, 0.05) is 31.6 Å². The zero-order chi connectivity index (χ0) is 20.4. The maximum atomic E-state index is 12.5. The van der Waals surface area contributed by atoms with Gasteiger partial charge in [-0.1, -0.05) is 31.5 Å². The number of nitrogens with one attached hydrogen (secondary N) is 1. The maximum Gasteiger partial charge on any atom is 0.260 e. The summed E-state index contributed by atoms with van der Waals surface area (Å²) >= 11 is 0. The quantitative estimate of drug-likeness (QED) is 0.668. The van der Waals surface area contributed by atoms with Crippen molar-refractivity contribution in [3.05, 3.63) is 30.3 Å². The van der Waals surface area contributed by atoms with Crippen LogP contribution >= 0.6 is 0 Å². The van der Waals surface area contributed by atoms with Gasteiger partial charge in [-0.15, -0.1) is 0 Å². The van der Waals surface area contributed by atoms with E-state index in [-0.39, 0.29) is 30.4 Å². The molecule has 0 saturated carbocycles. The minimum absolute atomic E-state index is 0.0116. The second-order valence-electron chi connectivity index (χ2n) is 7.78. The minimum Gasteiger partial charge on any atom is -0.484 e. The molecule has 1 aromatic carbocycles. The van der Waals surface area contributed by atoms with Crippen molar-refractivity contribution >= 4 is 11.8 Å². The fourth-order valence-electron chi connectivity index (χ4n) is 3.54. The van der Waals surface area contributed by atoms with Gasteiger partial charge in [0.15, 0.2) is 6.61 Å². The first-order valence-electron chi connectivity index (χ1n) is 10.4. The van der Waals surface area contributed by atoms with E-state index in [4.69, 9.17) is 4.74 Å². The van der Waals surface area contributed by atoms with Crippen LogP contribution in [0.5, 0.6) is 5.75 Å². The summed E-state index contributed by atoms with van der Waals surface area (Å²) in [4.78, 5) is 28.9. The summed E-state index contributed by atoms with van der Waals surface area (Å²) in [6, 6.07) is 9.48. The van der Waals surface area contributed by atoms with Crippen LogP contribution < -0.4 is 10.1 Å². The Kier molecular flexibility index (Phi) is 9.28. The number of ether oxygens (including phenoxy) is 1. The highest BCUT2D eigenvalue weighted by molar-refractivity contribution is 5.80. The summed E-state index contributed by atoms with van der Waals surface area (Å²) in [5.74, 6) is 0.781. The van der Waals surface area contributed by atoms with Crippen molar-refractivity contribution in [3.63, 3.8) is 0 Å². The Morgan fingerprint density at radius 3 is 2.57 bits per heavy atom. The minimum atomic E-state index is -0.0198. The highest BCUT2D eigenvalue weighted by Gasteiger charge is 2.28. The SMILES string of the molecule is CCCCN(C)C[C@H](C)NC(=O)C1CCN(C(=O)COc2ccccc2)CC1. The van der Waals surface area contributed by atoms with Crippen LogP contribution in [0.15, 0.2) is 30.3 Å². The molecule has 28 heavy (non-hydrogen) atoms. The van der Waals surface area contributed by atoms with Gasteiger partial charge in [0.25, 0.3) is 5.91 Å². The predicted octanol–water partition coefficient (Wildman–Crippen LogP) is 2.54. The highest BCUT2D eigenvalue weighted by Crippen LogP contribution is 2.18. The zero-order valence-electron chi connectivity index (χ0n) is 17.5. The number of benzene rings is 1. The van der Waals surface area contributed by atoms with E-state index >= 15 is 0 Å². The second-order valence-corrected chi connectivity index (χ2v) is 7.78. The van der Waals surface area contributed by atoms with E-state index in [0.29, 0.717) is 31.7 Å². The number of hydrogen-bond acceptors (Lipinski definition) is 4. The van der Waals surface area contributed by atoms with Gasteiger partial charge in [-0.05, 0) is 51.9 Å². The summed E-state index contributed by atoms with van der Waals surface area (Å²) < 4.78 is 5.54. The molecule has 1 fully saturated rings. The Hall–Kier alpha value is -2.08. The van der Waals surface area contributed by atoms with Gasteiger partial charge in [0.1, 0.15) is 5.75 Å². The standard InChI is InChI=1S/C22H35N3O3/c1-4-5-13-24(3)16-18(2)23-22(27)19-11-14-25(15-12-19)21(26)17-28-20-9-7-6-8-10-20/h6-10,18-19H,4-5,11-17H2,1-3H3,(H,23,27)/t18-/m0/s1. The van der Waals surface area contributed by atoms with E-state index < -0.39 is 0 Å². The Morgan fingerprint density at radius 1 is 1.25 bits per heavy atom. The lowest BCUT2D eigenvalue weighted by atomic mass is 9.95. The third kappa shape index (κ3) is 7.50. The van der Waals surface area contributed by atoms with Crippen molar-refractivity contribution in [1.29, 1.82) is 0 Å². The van der Waals surface area contributed by atoms with Crippen LogP contribution in [0.25, 0.3) is 0 Å². The molecule has 156 valence electrons. The molecular weight excluding hydrogens is 354 g/mol. The number of likely N-dealkylation sites (tertiary alicyclic amines) is 1. The van der Waals surface area contributed by atoms with Crippen LogP contribution in [0.1, 0.15) is 39.5 Å². The Labute approximate surface area is 169 Å². The van der Waals surface area contributed by atoms with Crippen LogP contribution in [-0.4, -0.2) is 67.5 Å². The highest BCUT2D eigenvalue weighted by atomic mass is 16.5. The number of carbonyl (C=O) groups excluding carboxylic acids is 2. The topological polar surface area (TPSA) is 61.9 Å². The number of rotatable bonds is 10. The molecule has 1 aliphatic heterocycles. The largest absolute Gasteiger partial charge is 0.484 e. The van der Waals surface area contributed by atoms with E-state index in [1.54, 1.807) is 4.90 Å². The second kappa shape index (κ2) is 11.7. The molecule has 0 spiro atoms. The van der Waals surface area contributed by atoms with Crippen molar-refractivity contribution in [2.24, 2.45) is 5.92 Å². The third-order valence-electron chi connectivity index (χ3n) is 5.19. The van der Waals surface area contributed by atoms with Gasteiger partial charge in [0.05, 0.1) is 0 Å². The van der Waals surface area contributed by atoms with Crippen molar-refractivity contribution in [3.8, 4) is 5.75 Å². The van der Waals surface area contributed by atoms with Crippen LogP contribution in [0.2, 0.25) is 0 Å². The molecule has 0 bridgehead atoms. The van der Waals surface area contributed by atoms with Crippen molar-refractivity contribution < 1.29 is 14.3 Å². The van der Waals surface area contributed by atoms with E-state index in [0.717, 1.165) is 13.1 Å². The molecule has 1 aromatic rings. The molecule has 0 radical (unpaired) electrons. The van der Waals surface area contributed by atoms with E-state index in [2.05, 4.69) is 31.1 Å². The van der Waals surface area contributed by atoms with Crippen molar-refractivity contribution in [2.45, 2.75) is 45.6 Å². The van der Waals surface area contributed by atoms with Gasteiger partial charge >= 0.3 is 0 Å². The lowest BCUT2D eigenvalue weighted by Gasteiger charge is -2.32. The fourth-order valence-corrected chi connectivity index (χ4v) is 3.54. The fraction of sp³-hybridized carbons (Fsp3) is 0.636. The predicted molar refractivity (Wildman–Crippen MR) is 111 cm³/mol. The van der Waals surface area contributed by atoms with Gasteiger partial charge < -0.3 is 19.9 Å². The maximum absolute atomic E-state index is 12.5. The molecule has 1 heterocycles. The van der Waals surface area contributed by atoms with E-state index in [1.165, 1.54) is 12.8 Å². The molecular formula is C22H35N3O3. The number of amides is 2. The molecule has 2 amide bonds. The number of nitrogens with zero attached hydrogens (tertiary/aromatic N) is 2. The van der Waals surface area contributed by atoms with E-state index in [1.807, 2.05) is 30.3 Å². The number of likely N-dealkylation sites (N-methyl/N-ethyl adjacent to an activating group) is 1. The smallest absolute Gasteiger partial charge is 0.260 e. The normalized spacial score (nSPS) is 16.1. The average Bonchev–Trinajstić information content (AvgIpc) is 2.71. The summed E-state index contributed by atoms with van der Waals surface area (Å²) in [6.07, 6.45) is 3.78. The summed E-state index contributed by atoms with van der Waals surface area (Å²) in [5.41, 5.74) is 0. The molecule has 0 aliphatic carbocycles. The van der Waals surface area contributed by atoms with Gasteiger partial charge in [-0.2, -0.15) is 0 Å². The Balaban J connectivity index is 1.67. The lowest BCUT2D eigenvalue weighted by Crippen LogP contribution is -2.47. The first kappa shape index (κ1) is 22.2. The molecule has 0 unspecified atom stereocenters. The molecule has 1 atom stereocenters. The summed E-state index contributed by atoms with van der Waals surface area (Å²) in [5, 5.41) is 3.14. The Bertz CT molecular complexity index is 600. The molecule has 6 nitrogen and oxygen atoms in total. The molecule has 0 aromatic heterocycles. The third-order valence-corrected chi connectivity index (χ3v) is 5.19. The van der Waals surface area contributed by atoms with Gasteiger partial charge in [-0.25, -0.2) is 0 Å². The van der Waals surface area contributed by atoms with Crippen LogP contribution in [0.4, 0.5) is 0 Å². The Morgan fingerprint density at radius 2 is 1.93 bits per heavy atom. The first-order valence-corrected chi connectivity index (χ1v) is 10.4. The first-order chi connectivity index (χ1) is 13.5. The number of para-hydroxylation sites is 1. The van der Waals surface area contributed by atoms with Crippen LogP contribution in [0.3, 0.4) is 0 Å². The average molecular weight is 390 g/mol. The zero-order valence-corrected chi connectivity index (χ0v) is 17.5. The van der Waals surface area contributed by atoms with Crippen LogP contribution in [0, 0.1) is 5.92 Å². The molecule has 2 rings (SSSR count). The number of carbonyl (C=O) groups is 2. The molecule has 1 N–H and O–H groups in total. The molecule has 6 heteroatoms. The van der Waals surface area contributed by atoms with Crippen LogP contribution in [-0.2, 0) is 9.59 Å². The summed E-state index contributed by atoms with van der Waals surface area (Å²) in [6.45, 7) is 7.42. The lowest BCUT2D eigenvalue weighted by molar-refractivity contribution is -0.137. The summed E-state index contributed by atoms with van der Waals surface area (Å²) in [7, 11) is 2.10. The van der Waals surface area contributed by atoms with Gasteiger partial charge in [-0.3, -0.25) is 9.59 Å². The number of unbranched alkanes of at least 4 members (excludes halogenated alkanes) is 1. The van der Waals surface area contributed by atoms with Crippen molar-refractivity contribution in [1.82, 2.24) is 15.1 Å².